The largest absolute Gasteiger partial charge is 0.207 e. The number of alkyl halides is 1. The first-order valence-electron chi connectivity index (χ1n) is 4.92. The molecule has 0 aromatic heterocycles. The van der Waals surface area contributed by atoms with Gasteiger partial charge in [-0.1, -0.05) is 44.0 Å². The predicted octanol–water partition coefficient (Wildman–Crippen LogP) is 5.68. The van der Waals surface area contributed by atoms with Crippen LogP contribution >= 0.6 is 54.5 Å². The molecule has 0 nitrogen and oxygen atoms in total. The highest BCUT2D eigenvalue weighted by atomic mass is 127. The van der Waals surface area contributed by atoms with Gasteiger partial charge in [0.1, 0.15) is 5.82 Å². The van der Waals surface area contributed by atoms with Crippen LogP contribution in [0, 0.1) is 9.39 Å². The Labute approximate surface area is 130 Å². The molecule has 2 rings (SSSR count). The van der Waals surface area contributed by atoms with Crippen LogP contribution < -0.4 is 0 Å². The van der Waals surface area contributed by atoms with E-state index in [0.29, 0.717) is 0 Å². The molecule has 17 heavy (non-hydrogen) atoms. The lowest BCUT2D eigenvalue weighted by Crippen LogP contribution is -1.95. The fraction of sp³-hybridized carbons (Fsp3) is 0.0769. The smallest absolute Gasteiger partial charge is 0.123 e. The molecule has 0 spiro atoms. The van der Waals surface area contributed by atoms with Gasteiger partial charge in [0.15, 0.2) is 0 Å². The molecule has 0 aliphatic heterocycles. The van der Waals surface area contributed by atoms with E-state index in [9.17, 15) is 4.39 Å². The second-order valence-electron chi connectivity index (χ2n) is 3.58. The molecule has 0 heterocycles. The first-order chi connectivity index (χ1) is 8.08. The van der Waals surface area contributed by atoms with Gasteiger partial charge in [-0.25, -0.2) is 4.39 Å². The van der Waals surface area contributed by atoms with Crippen LogP contribution in [0.5, 0.6) is 0 Å². The summed E-state index contributed by atoms with van der Waals surface area (Å²) in [4.78, 5) is 0.0622. The molecule has 0 bridgehead atoms. The monoisotopic (exact) mass is 468 g/mol. The van der Waals surface area contributed by atoms with Crippen LogP contribution in [0.1, 0.15) is 16.0 Å². The summed E-state index contributed by atoms with van der Waals surface area (Å²) in [5, 5.41) is 0. The molecule has 88 valence electrons. The van der Waals surface area contributed by atoms with Crippen molar-refractivity contribution in [1.29, 1.82) is 0 Å². The Kier molecular flexibility index (Phi) is 4.60. The Morgan fingerprint density at radius 3 is 2.35 bits per heavy atom. The molecule has 0 saturated heterocycles. The topological polar surface area (TPSA) is 0 Å². The lowest BCUT2D eigenvalue weighted by Gasteiger charge is -2.13. The molecule has 0 radical (unpaired) electrons. The van der Waals surface area contributed by atoms with E-state index >= 15 is 0 Å². The number of rotatable bonds is 2. The summed E-state index contributed by atoms with van der Waals surface area (Å²) in [6.07, 6.45) is 0. The van der Waals surface area contributed by atoms with Gasteiger partial charge in [-0.2, -0.15) is 0 Å². The van der Waals surface area contributed by atoms with Crippen LogP contribution in [0.15, 0.2) is 46.9 Å². The van der Waals surface area contributed by atoms with E-state index in [2.05, 4.69) is 60.5 Å². The Balaban J connectivity index is 2.39. The fourth-order valence-corrected chi connectivity index (χ4v) is 3.50. The van der Waals surface area contributed by atoms with Gasteiger partial charge in [0, 0.05) is 8.04 Å². The van der Waals surface area contributed by atoms with E-state index in [0.717, 1.165) is 15.6 Å². The van der Waals surface area contributed by atoms with Crippen molar-refractivity contribution in [3.63, 3.8) is 0 Å². The summed E-state index contributed by atoms with van der Waals surface area (Å²) in [6, 6.07) is 12.7. The third-order valence-electron chi connectivity index (χ3n) is 2.39. The third-order valence-corrected chi connectivity index (χ3v) is 4.81. The quantitative estimate of drug-likeness (QED) is 0.392. The zero-order valence-corrected chi connectivity index (χ0v) is 14.0. The number of hydrogen-bond donors (Lipinski definition) is 0. The Morgan fingerprint density at radius 2 is 1.71 bits per heavy atom. The van der Waals surface area contributed by atoms with Gasteiger partial charge >= 0.3 is 0 Å². The number of hydrogen-bond acceptors (Lipinski definition) is 0. The van der Waals surface area contributed by atoms with Crippen molar-refractivity contribution >= 4 is 54.5 Å². The summed E-state index contributed by atoms with van der Waals surface area (Å²) in [6.45, 7) is 0. The zero-order valence-electron chi connectivity index (χ0n) is 8.63. The van der Waals surface area contributed by atoms with Gasteiger partial charge in [-0.05, 0) is 64.0 Å². The van der Waals surface area contributed by atoms with Crippen LogP contribution in [-0.2, 0) is 0 Å². The second-order valence-corrected chi connectivity index (χ2v) is 6.60. The average molecular weight is 470 g/mol. The standard InChI is InChI=1S/C13H8Br2FI/c14-12-6-5-10(17)7-11(12)13(15)8-1-3-9(16)4-2-8/h1-7,13H. The Bertz CT molecular complexity index is 525. The van der Waals surface area contributed by atoms with Gasteiger partial charge in [0.25, 0.3) is 0 Å². The maximum atomic E-state index is 12.9. The van der Waals surface area contributed by atoms with E-state index in [1.807, 2.05) is 12.1 Å². The Morgan fingerprint density at radius 1 is 1.06 bits per heavy atom. The van der Waals surface area contributed by atoms with Crippen molar-refractivity contribution in [1.82, 2.24) is 0 Å². The summed E-state index contributed by atoms with van der Waals surface area (Å²) in [5.41, 5.74) is 2.18. The van der Waals surface area contributed by atoms with Gasteiger partial charge in [0.05, 0.1) is 4.83 Å². The molecule has 0 saturated carbocycles. The van der Waals surface area contributed by atoms with E-state index in [4.69, 9.17) is 0 Å². The van der Waals surface area contributed by atoms with Gasteiger partial charge < -0.3 is 0 Å². The van der Waals surface area contributed by atoms with E-state index < -0.39 is 0 Å². The molecular weight excluding hydrogens is 462 g/mol. The van der Waals surface area contributed by atoms with E-state index in [-0.39, 0.29) is 10.6 Å². The maximum Gasteiger partial charge on any atom is 0.123 e. The molecular formula is C13H8Br2FI. The molecule has 2 aromatic rings. The number of benzene rings is 2. The van der Waals surface area contributed by atoms with Crippen molar-refractivity contribution in [3.05, 3.63) is 67.5 Å². The predicted molar refractivity (Wildman–Crippen MR) is 84.0 cm³/mol. The second kappa shape index (κ2) is 5.80. The molecule has 4 heteroatoms. The fourth-order valence-electron chi connectivity index (χ4n) is 1.52. The van der Waals surface area contributed by atoms with Crippen LogP contribution in [0.3, 0.4) is 0 Å². The normalized spacial score (nSPS) is 12.5. The van der Waals surface area contributed by atoms with Crippen LogP contribution in [-0.4, -0.2) is 0 Å². The van der Waals surface area contributed by atoms with Gasteiger partial charge in [-0.3, -0.25) is 0 Å². The zero-order chi connectivity index (χ0) is 12.4. The highest BCUT2D eigenvalue weighted by molar-refractivity contribution is 14.1. The van der Waals surface area contributed by atoms with Gasteiger partial charge in [-0.15, -0.1) is 0 Å². The lowest BCUT2D eigenvalue weighted by molar-refractivity contribution is 0.627. The van der Waals surface area contributed by atoms with Crippen LogP contribution in [0.4, 0.5) is 4.39 Å². The van der Waals surface area contributed by atoms with Crippen molar-refractivity contribution in [2.24, 2.45) is 0 Å². The van der Waals surface area contributed by atoms with Gasteiger partial charge in [0.2, 0.25) is 0 Å². The molecule has 0 aliphatic carbocycles. The highest BCUT2D eigenvalue weighted by Crippen LogP contribution is 2.36. The summed E-state index contributed by atoms with van der Waals surface area (Å²) in [7, 11) is 0. The summed E-state index contributed by atoms with van der Waals surface area (Å²) in [5.74, 6) is -0.213. The van der Waals surface area contributed by atoms with Crippen molar-refractivity contribution < 1.29 is 4.39 Å². The van der Waals surface area contributed by atoms with E-state index in [1.54, 1.807) is 12.1 Å². The van der Waals surface area contributed by atoms with Crippen molar-refractivity contribution in [2.75, 3.05) is 0 Å². The molecule has 0 amide bonds. The van der Waals surface area contributed by atoms with E-state index in [1.165, 1.54) is 15.7 Å². The molecule has 0 aliphatic rings. The minimum Gasteiger partial charge on any atom is -0.207 e. The van der Waals surface area contributed by atoms with Crippen molar-refractivity contribution in [2.45, 2.75) is 4.83 Å². The Hall–Kier alpha value is 0.0600. The summed E-state index contributed by atoms with van der Waals surface area (Å²) < 4.78 is 15.1. The molecule has 2 aromatic carbocycles. The average Bonchev–Trinajstić information content (AvgIpc) is 2.32. The minimum absolute atomic E-state index is 0.0622. The highest BCUT2D eigenvalue weighted by Gasteiger charge is 2.13. The maximum absolute atomic E-state index is 12.9. The third kappa shape index (κ3) is 3.29. The number of halogens is 4. The molecule has 0 N–H and O–H groups in total. The first-order valence-corrected chi connectivity index (χ1v) is 7.71. The first kappa shape index (κ1) is 13.5. The molecule has 1 unspecified atom stereocenters. The SMILES string of the molecule is Fc1ccc(C(Br)c2cc(I)ccc2Br)cc1. The molecule has 0 fully saturated rings. The van der Waals surface area contributed by atoms with Crippen molar-refractivity contribution in [3.8, 4) is 0 Å². The van der Waals surface area contributed by atoms with Crippen LogP contribution in [0.2, 0.25) is 0 Å². The summed E-state index contributed by atoms with van der Waals surface area (Å²) >= 11 is 9.46. The molecule has 1 atom stereocenters. The minimum atomic E-state index is -0.213. The lowest BCUT2D eigenvalue weighted by atomic mass is 10.1. The van der Waals surface area contributed by atoms with Crippen LogP contribution in [0.25, 0.3) is 0 Å².